The molecule has 0 aliphatic carbocycles. The normalized spacial score (nSPS) is 10.9. The third-order valence-corrected chi connectivity index (χ3v) is 1.82. The molecule has 0 spiro atoms. The van der Waals surface area contributed by atoms with E-state index in [9.17, 15) is 0 Å². The fraction of sp³-hybridized carbons (Fsp3) is 0.286. The number of halogens is 1. The SMILES string of the molecule is COCc1cc(Cl)n2ncnc2n1. The third kappa shape index (κ3) is 1.48. The van der Waals surface area contributed by atoms with Crippen molar-refractivity contribution in [2.45, 2.75) is 6.61 Å². The van der Waals surface area contributed by atoms with E-state index in [2.05, 4.69) is 15.1 Å². The molecular formula is C7H7ClN4O. The molecule has 5 nitrogen and oxygen atoms in total. The van der Waals surface area contributed by atoms with Crippen molar-refractivity contribution < 1.29 is 4.74 Å². The smallest absolute Gasteiger partial charge is 0.253 e. The number of fused-ring (bicyclic) bond motifs is 1. The molecule has 0 atom stereocenters. The van der Waals surface area contributed by atoms with Gasteiger partial charge >= 0.3 is 0 Å². The average Bonchev–Trinajstić information content (AvgIpc) is 2.53. The maximum Gasteiger partial charge on any atom is 0.253 e. The number of ether oxygens (including phenoxy) is 1. The third-order valence-electron chi connectivity index (χ3n) is 1.55. The van der Waals surface area contributed by atoms with Crippen LogP contribution in [-0.2, 0) is 11.3 Å². The Morgan fingerprint density at radius 1 is 1.62 bits per heavy atom. The number of methoxy groups -OCH3 is 1. The molecule has 2 aromatic rings. The van der Waals surface area contributed by atoms with Crippen molar-refractivity contribution in [1.82, 2.24) is 19.6 Å². The minimum atomic E-state index is 0.420. The predicted molar refractivity (Wildman–Crippen MR) is 46.5 cm³/mol. The maximum absolute atomic E-state index is 5.90. The molecule has 2 heterocycles. The second-order valence-corrected chi connectivity index (χ2v) is 2.86. The van der Waals surface area contributed by atoms with Gasteiger partial charge in [0.05, 0.1) is 12.3 Å². The number of hydrogen-bond donors (Lipinski definition) is 0. The summed E-state index contributed by atoms with van der Waals surface area (Å²) in [5.74, 6) is 0.486. The van der Waals surface area contributed by atoms with Gasteiger partial charge in [-0.05, 0) is 6.07 Å². The van der Waals surface area contributed by atoms with Gasteiger partial charge in [0.2, 0.25) is 0 Å². The van der Waals surface area contributed by atoms with Crippen molar-refractivity contribution in [2.75, 3.05) is 7.11 Å². The molecule has 0 saturated carbocycles. The van der Waals surface area contributed by atoms with E-state index < -0.39 is 0 Å². The summed E-state index contributed by atoms with van der Waals surface area (Å²) in [6.07, 6.45) is 1.41. The summed E-state index contributed by atoms with van der Waals surface area (Å²) in [7, 11) is 1.60. The van der Waals surface area contributed by atoms with E-state index in [1.54, 1.807) is 13.2 Å². The second-order valence-electron chi connectivity index (χ2n) is 2.48. The summed E-state index contributed by atoms with van der Waals surface area (Å²) in [5, 5.41) is 4.37. The molecule has 2 rings (SSSR count). The lowest BCUT2D eigenvalue weighted by Gasteiger charge is -2.00. The molecule has 0 unspecified atom stereocenters. The fourth-order valence-electron chi connectivity index (χ4n) is 1.04. The zero-order valence-electron chi connectivity index (χ0n) is 6.94. The molecule has 0 aliphatic heterocycles. The Morgan fingerprint density at radius 3 is 3.23 bits per heavy atom. The highest BCUT2D eigenvalue weighted by Gasteiger charge is 2.04. The zero-order chi connectivity index (χ0) is 9.26. The van der Waals surface area contributed by atoms with E-state index in [1.165, 1.54) is 10.8 Å². The number of nitrogens with zero attached hydrogens (tertiary/aromatic N) is 4. The van der Waals surface area contributed by atoms with Gasteiger partial charge < -0.3 is 4.74 Å². The first-order valence-corrected chi connectivity index (χ1v) is 4.03. The molecule has 0 bridgehead atoms. The van der Waals surface area contributed by atoms with Crippen molar-refractivity contribution in [2.24, 2.45) is 0 Å². The Labute approximate surface area is 79.3 Å². The van der Waals surface area contributed by atoms with Crippen molar-refractivity contribution in [3.63, 3.8) is 0 Å². The molecular weight excluding hydrogens is 192 g/mol. The number of rotatable bonds is 2. The van der Waals surface area contributed by atoms with Gasteiger partial charge in [-0.3, -0.25) is 0 Å². The minimum Gasteiger partial charge on any atom is -0.378 e. The first-order chi connectivity index (χ1) is 6.31. The summed E-state index contributed by atoms with van der Waals surface area (Å²) in [4.78, 5) is 8.09. The highest BCUT2D eigenvalue weighted by atomic mass is 35.5. The molecule has 68 valence electrons. The van der Waals surface area contributed by atoms with Crippen molar-refractivity contribution in [3.05, 3.63) is 23.2 Å². The fourth-order valence-corrected chi connectivity index (χ4v) is 1.29. The van der Waals surface area contributed by atoms with Crippen LogP contribution in [0.3, 0.4) is 0 Å². The Morgan fingerprint density at radius 2 is 2.46 bits per heavy atom. The Hall–Kier alpha value is -1.20. The quantitative estimate of drug-likeness (QED) is 0.674. The standard InChI is InChI=1S/C7H7ClN4O/c1-13-3-5-2-6(8)12-7(11-5)9-4-10-12/h2,4H,3H2,1H3. The summed E-state index contributed by atoms with van der Waals surface area (Å²) < 4.78 is 6.39. The monoisotopic (exact) mass is 198 g/mol. The van der Waals surface area contributed by atoms with Crippen LogP contribution in [0.5, 0.6) is 0 Å². The zero-order valence-corrected chi connectivity index (χ0v) is 7.69. The topological polar surface area (TPSA) is 52.3 Å². The molecule has 0 saturated heterocycles. The Kier molecular flexibility index (Phi) is 2.12. The number of aromatic nitrogens is 4. The predicted octanol–water partition coefficient (Wildman–Crippen LogP) is 0.924. The van der Waals surface area contributed by atoms with Crippen LogP contribution in [-0.4, -0.2) is 26.7 Å². The van der Waals surface area contributed by atoms with Crippen LogP contribution in [0.15, 0.2) is 12.4 Å². The largest absolute Gasteiger partial charge is 0.378 e. The first kappa shape index (κ1) is 8.40. The van der Waals surface area contributed by atoms with Crippen molar-refractivity contribution >= 4 is 17.4 Å². The van der Waals surface area contributed by atoms with Gasteiger partial charge in [0.15, 0.2) is 0 Å². The molecule has 0 fully saturated rings. The molecule has 0 aromatic carbocycles. The number of hydrogen-bond acceptors (Lipinski definition) is 4. The van der Waals surface area contributed by atoms with Gasteiger partial charge in [-0.1, -0.05) is 11.6 Å². The summed E-state index contributed by atoms with van der Waals surface area (Å²) in [5.41, 5.74) is 0.744. The van der Waals surface area contributed by atoms with E-state index in [4.69, 9.17) is 16.3 Å². The van der Waals surface area contributed by atoms with Crippen LogP contribution in [0.2, 0.25) is 5.15 Å². The van der Waals surface area contributed by atoms with E-state index in [0.717, 1.165) is 5.69 Å². The minimum absolute atomic E-state index is 0.420. The van der Waals surface area contributed by atoms with Crippen LogP contribution in [0.1, 0.15) is 5.69 Å². The lowest BCUT2D eigenvalue weighted by Crippen LogP contribution is -1.98. The summed E-state index contributed by atoms with van der Waals surface area (Å²) in [6, 6.07) is 1.70. The van der Waals surface area contributed by atoms with Crippen LogP contribution >= 0.6 is 11.6 Å². The highest BCUT2D eigenvalue weighted by molar-refractivity contribution is 6.29. The van der Waals surface area contributed by atoms with Gasteiger partial charge in [0, 0.05) is 7.11 Å². The first-order valence-electron chi connectivity index (χ1n) is 3.65. The van der Waals surface area contributed by atoms with Crippen LogP contribution < -0.4 is 0 Å². The molecule has 0 radical (unpaired) electrons. The van der Waals surface area contributed by atoms with Gasteiger partial charge in [-0.2, -0.15) is 14.6 Å². The van der Waals surface area contributed by atoms with Gasteiger partial charge in [0.1, 0.15) is 11.5 Å². The summed E-state index contributed by atoms with van der Waals surface area (Å²) in [6.45, 7) is 0.420. The Bertz CT molecular complexity index is 427. The Balaban J connectivity index is 2.56. The summed E-state index contributed by atoms with van der Waals surface area (Å²) >= 11 is 5.90. The lowest BCUT2D eigenvalue weighted by atomic mass is 10.4. The van der Waals surface area contributed by atoms with Crippen LogP contribution in [0.25, 0.3) is 5.78 Å². The molecule has 2 aromatic heterocycles. The average molecular weight is 199 g/mol. The lowest BCUT2D eigenvalue weighted by molar-refractivity contribution is 0.181. The molecule has 0 N–H and O–H groups in total. The van der Waals surface area contributed by atoms with E-state index in [0.29, 0.717) is 17.5 Å². The second kappa shape index (κ2) is 3.27. The van der Waals surface area contributed by atoms with Crippen LogP contribution in [0, 0.1) is 0 Å². The van der Waals surface area contributed by atoms with Gasteiger partial charge in [0.25, 0.3) is 5.78 Å². The van der Waals surface area contributed by atoms with Gasteiger partial charge in [-0.25, -0.2) is 4.98 Å². The van der Waals surface area contributed by atoms with Gasteiger partial charge in [-0.15, -0.1) is 0 Å². The van der Waals surface area contributed by atoms with Crippen molar-refractivity contribution in [1.29, 1.82) is 0 Å². The van der Waals surface area contributed by atoms with Crippen molar-refractivity contribution in [3.8, 4) is 0 Å². The molecule has 13 heavy (non-hydrogen) atoms. The molecule has 6 heteroatoms. The molecule has 0 aliphatic rings. The molecule has 0 amide bonds. The maximum atomic E-state index is 5.90. The van der Waals surface area contributed by atoms with E-state index in [1.807, 2.05) is 0 Å². The van der Waals surface area contributed by atoms with E-state index >= 15 is 0 Å². The van der Waals surface area contributed by atoms with E-state index in [-0.39, 0.29) is 0 Å². The van der Waals surface area contributed by atoms with Crippen LogP contribution in [0.4, 0.5) is 0 Å². The highest BCUT2D eigenvalue weighted by Crippen LogP contribution is 2.10.